The van der Waals surface area contributed by atoms with Crippen LogP contribution < -0.4 is 4.74 Å². The summed E-state index contributed by atoms with van der Waals surface area (Å²) in [6.07, 6.45) is -11.7. The van der Waals surface area contributed by atoms with Crippen molar-refractivity contribution in [1.82, 2.24) is 0 Å². The van der Waals surface area contributed by atoms with Crippen LogP contribution in [0.15, 0.2) is 29.2 Å². The van der Waals surface area contributed by atoms with Gasteiger partial charge in [0.1, 0.15) is 5.75 Å². The quantitative estimate of drug-likeness (QED) is 0.0703. The average molecular weight is 636 g/mol. The fraction of sp³-hybridized carbons (Fsp3) is 0.667. The Morgan fingerprint density at radius 1 is 0.579 bits per heavy atom. The number of halogens is 18. The van der Waals surface area contributed by atoms with Gasteiger partial charge in [-0.25, -0.2) is 0 Å². The number of hydrogen-bond acceptors (Lipinski definition) is 2. The van der Waals surface area contributed by atoms with Crippen LogP contribution in [-0.4, -0.2) is 59.5 Å². The molecule has 0 bridgehead atoms. The van der Waals surface area contributed by atoms with E-state index in [0.717, 1.165) is 11.8 Å². The first-order chi connectivity index (χ1) is 16.8. The molecule has 222 valence electrons. The van der Waals surface area contributed by atoms with E-state index in [1.165, 1.54) is 24.3 Å². The van der Waals surface area contributed by atoms with Gasteiger partial charge in [0, 0.05) is 11.3 Å². The fourth-order valence-electron chi connectivity index (χ4n) is 2.53. The van der Waals surface area contributed by atoms with E-state index < -0.39 is 67.1 Å². The lowest BCUT2D eigenvalue weighted by Gasteiger charge is -2.42. The van der Waals surface area contributed by atoms with Crippen molar-refractivity contribution in [2.24, 2.45) is 0 Å². The van der Waals surface area contributed by atoms with Crippen LogP contribution in [0, 0.1) is 0 Å². The molecular formula is C18H12ClF17OS. The third-order valence-electron chi connectivity index (χ3n) is 4.74. The van der Waals surface area contributed by atoms with Gasteiger partial charge in [0.25, 0.3) is 0 Å². The van der Waals surface area contributed by atoms with Gasteiger partial charge in [0.15, 0.2) is 0 Å². The lowest BCUT2D eigenvalue weighted by atomic mass is 9.88. The maximum absolute atomic E-state index is 13.8. The maximum atomic E-state index is 13.8. The zero-order chi connectivity index (χ0) is 30.2. The molecule has 0 spiro atoms. The minimum Gasteiger partial charge on any atom is -0.494 e. The highest BCUT2D eigenvalue weighted by Crippen LogP contribution is 2.64. The van der Waals surface area contributed by atoms with E-state index in [0.29, 0.717) is 4.90 Å². The highest BCUT2D eigenvalue weighted by Gasteiger charge is 2.95. The number of rotatable bonds is 13. The van der Waals surface area contributed by atoms with Crippen LogP contribution in [0.1, 0.15) is 12.8 Å². The van der Waals surface area contributed by atoms with Crippen molar-refractivity contribution >= 4 is 23.4 Å². The van der Waals surface area contributed by atoms with Crippen LogP contribution >= 0.6 is 23.4 Å². The molecule has 0 fully saturated rings. The predicted octanol–water partition coefficient (Wildman–Crippen LogP) is 9.14. The minimum absolute atomic E-state index is 0.108. The van der Waals surface area contributed by atoms with Gasteiger partial charge in [-0.3, -0.25) is 0 Å². The van der Waals surface area contributed by atoms with Gasteiger partial charge in [-0.1, -0.05) is 0 Å². The van der Waals surface area contributed by atoms with Gasteiger partial charge in [-0.15, -0.1) is 23.4 Å². The molecule has 0 atom stereocenters. The molecule has 0 saturated heterocycles. The van der Waals surface area contributed by atoms with Crippen LogP contribution in [0.5, 0.6) is 5.75 Å². The van der Waals surface area contributed by atoms with Gasteiger partial charge < -0.3 is 4.74 Å². The summed E-state index contributed by atoms with van der Waals surface area (Å²) >= 11 is 6.57. The van der Waals surface area contributed by atoms with E-state index in [9.17, 15) is 74.6 Å². The predicted molar refractivity (Wildman–Crippen MR) is 98.4 cm³/mol. The van der Waals surface area contributed by atoms with Crippen molar-refractivity contribution < 1.29 is 79.4 Å². The molecule has 0 aliphatic heterocycles. The summed E-state index contributed by atoms with van der Waals surface area (Å²) < 4.78 is 229. The van der Waals surface area contributed by atoms with E-state index >= 15 is 0 Å². The number of hydrogen-bond donors (Lipinski definition) is 0. The van der Waals surface area contributed by atoms with Crippen LogP contribution in [0.3, 0.4) is 0 Å². The summed E-state index contributed by atoms with van der Waals surface area (Å²) in [7, 11) is 0. The Morgan fingerprint density at radius 2 is 0.974 bits per heavy atom. The Balaban J connectivity index is 3.16. The molecule has 0 radical (unpaired) electrons. The third-order valence-corrected chi connectivity index (χ3v) is 5.78. The minimum atomic E-state index is -8.63. The Morgan fingerprint density at radius 3 is 1.37 bits per heavy atom. The summed E-state index contributed by atoms with van der Waals surface area (Å²) in [5, 5.41) is 0.126. The van der Waals surface area contributed by atoms with Crippen molar-refractivity contribution in [3.05, 3.63) is 24.3 Å². The Hall–Kier alpha value is -1.53. The van der Waals surface area contributed by atoms with Crippen molar-refractivity contribution in [2.45, 2.75) is 65.4 Å². The molecule has 0 amide bonds. The highest BCUT2D eigenvalue weighted by molar-refractivity contribution is 8.00. The number of ether oxygens (including phenoxy) is 1. The van der Waals surface area contributed by atoms with Crippen molar-refractivity contribution in [3.8, 4) is 5.75 Å². The van der Waals surface area contributed by atoms with Crippen molar-refractivity contribution in [1.29, 1.82) is 0 Å². The molecule has 0 N–H and O–H groups in total. The molecule has 0 aliphatic carbocycles. The molecule has 1 rings (SSSR count). The molecule has 0 aliphatic rings. The Labute approximate surface area is 210 Å². The lowest BCUT2D eigenvalue weighted by Crippen LogP contribution is -2.74. The van der Waals surface area contributed by atoms with Gasteiger partial charge in [-0.2, -0.15) is 74.6 Å². The zero-order valence-electron chi connectivity index (χ0n) is 17.8. The zero-order valence-corrected chi connectivity index (χ0v) is 19.3. The molecule has 20 heteroatoms. The Kier molecular flexibility index (Phi) is 9.80. The number of alkyl halides is 18. The van der Waals surface area contributed by atoms with Crippen molar-refractivity contribution in [3.63, 3.8) is 0 Å². The first-order valence-corrected chi connectivity index (χ1v) is 10.9. The first-order valence-electron chi connectivity index (χ1n) is 9.39. The van der Waals surface area contributed by atoms with Gasteiger partial charge in [0.2, 0.25) is 0 Å². The van der Waals surface area contributed by atoms with Gasteiger partial charge >= 0.3 is 47.6 Å². The second kappa shape index (κ2) is 10.8. The fourth-order valence-corrected chi connectivity index (χ4v) is 3.37. The van der Waals surface area contributed by atoms with E-state index in [1.54, 1.807) is 0 Å². The molecule has 1 aromatic rings. The first kappa shape index (κ1) is 34.5. The number of thioether (sulfide) groups is 1. The van der Waals surface area contributed by atoms with Gasteiger partial charge in [-0.05, 0) is 30.7 Å². The topological polar surface area (TPSA) is 9.23 Å². The average Bonchev–Trinajstić information content (AvgIpc) is 2.76. The second-order valence-corrected chi connectivity index (χ2v) is 8.96. The van der Waals surface area contributed by atoms with Crippen LogP contribution in [0.4, 0.5) is 74.6 Å². The molecule has 1 aromatic carbocycles. The van der Waals surface area contributed by atoms with E-state index in [1.807, 2.05) is 0 Å². The molecule has 0 unspecified atom stereocenters. The SMILES string of the molecule is FC(F)(F)C(F)(F)C(F)(F)C(F)(F)C(F)(F)C(F)(F)C(F)(F)C(F)(F)CCCOc1ccc(S[13CH2]Cl)cc1. The number of benzene rings is 1. The summed E-state index contributed by atoms with van der Waals surface area (Å²) in [6.45, 7) is -0.998. The van der Waals surface area contributed by atoms with Crippen LogP contribution in [0.2, 0.25) is 0 Å². The largest absolute Gasteiger partial charge is 0.494 e. The molecular weight excluding hydrogens is 624 g/mol. The monoisotopic (exact) mass is 635 g/mol. The third kappa shape index (κ3) is 5.68. The maximum Gasteiger partial charge on any atom is 0.460 e. The molecule has 0 aromatic heterocycles. The molecule has 1 nitrogen and oxygen atoms in total. The molecule has 0 heterocycles. The molecule has 0 saturated carbocycles. The normalized spacial score (nSPS) is 15.1. The van der Waals surface area contributed by atoms with Gasteiger partial charge in [0.05, 0.1) is 11.8 Å². The van der Waals surface area contributed by atoms with E-state index in [4.69, 9.17) is 16.3 Å². The summed E-state index contributed by atoms with van der Waals surface area (Å²) in [4.78, 5) is 0.581. The van der Waals surface area contributed by atoms with Crippen LogP contribution in [-0.2, 0) is 0 Å². The smallest absolute Gasteiger partial charge is 0.460 e. The lowest BCUT2D eigenvalue weighted by molar-refractivity contribution is -0.461. The van der Waals surface area contributed by atoms with Crippen LogP contribution in [0.25, 0.3) is 0 Å². The summed E-state index contributed by atoms with van der Waals surface area (Å²) in [5.74, 6) is -56.3. The van der Waals surface area contributed by atoms with E-state index in [2.05, 4.69) is 0 Å². The standard InChI is InChI=1S/C18H12ClF17OS/c19-8-38-10-4-2-9(3-5-10)37-7-1-6-11(20,21)12(22,23)13(24,25)14(26,27)15(28,29)16(30,31)17(32,33)18(34,35)36/h2-5H,1,6-8H2/i8+1. The second-order valence-electron chi connectivity index (χ2n) is 7.33. The van der Waals surface area contributed by atoms with E-state index in [-0.39, 0.29) is 11.0 Å². The summed E-state index contributed by atoms with van der Waals surface area (Å²) in [5.41, 5.74) is 0. The Bertz CT molecular complexity index is 930. The highest BCUT2D eigenvalue weighted by atomic mass is 35.5. The molecule has 38 heavy (non-hydrogen) atoms. The van der Waals surface area contributed by atoms with Crippen molar-refractivity contribution in [2.75, 3.05) is 11.8 Å². The summed E-state index contributed by atoms with van der Waals surface area (Å²) in [6, 6.07) is 5.17.